The number of hydrogen-bond donors (Lipinski definition) is 0. The van der Waals surface area contributed by atoms with Crippen molar-refractivity contribution in [2.24, 2.45) is 0 Å². The summed E-state index contributed by atoms with van der Waals surface area (Å²) in [5.74, 6) is 0. The Morgan fingerprint density at radius 1 is 0.528 bits per heavy atom. The van der Waals surface area contributed by atoms with Gasteiger partial charge in [0, 0.05) is 0 Å². The summed E-state index contributed by atoms with van der Waals surface area (Å²) in [6.07, 6.45) is 0. The summed E-state index contributed by atoms with van der Waals surface area (Å²) >= 11 is -0.826. The van der Waals surface area contributed by atoms with Crippen LogP contribution in [0.1, 0.15) is 11.1 Å². The molecule has 0 aromatic heterocycles. The van der Waals surface area contributed by atoms with E-state index in [1.54, 1.807) is 0 Å². The molecule has 0 nitrogen and oxygen atoms in total. The molecule has 0 saturated carbocycles. The van der Waals surface area contributed by atoms with Crippen LogP contribution in [-0.4, -0.2) is 11.0 Å². The van der Waals surface area contributed by atoms with Gasteiger partial charge in [-0.25, -0.2) is 0 Å². The quantitative estimate of drug-likeness (QED) is 0.137. The van der Waals surface area contributed by atoms with Crippen LogP contribution in [0.15, 0.2) is 121 Å². The fourth-order valence-corrected chi connectivity index (χ4v) is 4.51. The van der Waals surface area contributed by atoms with Crippen molar-refractivity contribution < 1.29 is 20.8 Å². The van der Waals surface area contributed by atoms with Crippen LogP contribution >= 0.6 is 17.0 Å². The number of aryl methyl sites for hydroxylation is 2. The van der Waals surface area contributed by atoms with E-state index in [1.807, 2.05) is 0 Å². The van der Waals surface area contributed by atoms with Crippen LogP contribution in [0, 0.1) is 13.8 Å². The summed E-state index contributed by atoms with van der Waals surface area (Å²) in [6.45, 7) is 4.30. The minimum absolute atomic E-state index is 0. The van der Waals surface area contributed by atoms with Crippen LogP contribution in [-0.2, 0) is 20.8 Å². The molecule has 0 N–H and O–H groups in total. The van der Waals surface area contributed by atoms with Crippen molar-refractivity contribution in [2.45, 2.75) is 13.8 Å². The van der Waals surface area contributed by atoms with Gasteiger partial charge in [-0.15, -0.1) is 69.1 Å². The third kappa shape index (κ3) is 6.96. The molecule has 0 bridgehead atoms. The number of fused-ring (bicyclic) bond motifs is 2. The maximum absolute atomic E-state index is 4.93. The van der Waals surface area contributed by atoms with E-state index in [0.717, 1.165) is 0 Å². The molecule has 0 aliphatic heterocycles. The van der Waals surface area contributed by atoms with Gasteiger partial charge in [0.25, 0.3) is 0 Å². The number of hydrogen-bond acceptors (Lipinski definition) is 0. The Bertz CT molecular complexity index is 1390. The van der Waals surface area contributed by atoms with Gasteiger partial charge in [0.05, 0.1) is 0 Å². The fourth-order valence-electron chi connectivity index (χ4n) is 4.51. The van der Waals surface area contributed by atoms with Crippen molar-refractivity contribution in [3.8, 4) is 22.3 Å². The predicted octanol–water partition coefficient (Wildman–Crippen LogP) is 9.26. The molecule has 0 unspecified atom stereocenters. The first-order valence-corrected chi connectivity index (χ1v) is 17.8. The zero-order chi connectivity index (χ0) is 24.6. The first-order valence-electron chi connectivity index (χ1n) is 11.5. The van der Waals surface area contributed by atoms with Gasteiger partial charge in [0.2, 0.25) is 0 Å². The minimum Gasteiger partial charge on any atom is -0.0125 e. The molecule has 6 rings (SSSR count). The fraction of sp³-hybridized carbons (Fsp3) is 0.0625. The van der Waals surface area contributed by atoms with Crippen LogP contribution in [0.2, 0.25) is 0 Å². The SMILES string of the molecule is Cc1cc2c(-c3ccccc3)cccc2[cH-]1.Cc1cc2c(-c3ccccc3)cccc2[cH-]1.[Cl][Zr+2][Cl].[SiH3]. The van der Waals surface area contributed by atoms with Crippen LogP contribution in [0.25, 0.3) is 43.8 Å². The molecular weight excluding hydrogens is 575 g/mol. The Labute approximate surface area is 237 Å². The van der Waals surface area contributed by atoms with E-state index in [2.05, 4.69) is 135 Å². The first-order chi connectivity index (χ1) is 17.1. The van der Waals surface area contributed by atoms with E-state index < -0.39 is 20.8 Å². The van der Waals surface area contributed by atoms with Crippen molar-refractivity contribution in [1.29, 1.82) is 0 Å². The molecule has 0 aliphatic carbocycles. The van der Waals surface area contributed by atoms with E-state index in [4.69, 9.17) is 17.0 Å². The normalized spacial score (nSPS) is 9.89. The molecule has 0 heterocycles. The molecular formula is C32H29Cl2SiZr. The van der Waals surface area contributed by atoms with E-state index in [0.29, 0.717) is 0 Å². The van der Waals surface area contributed by atoms with Crippen LogP contribution < -0.4 is 0 Å². The Morgan fingerprint density at radius 2 is 0.889 bits per heavy atom. The van der Waals surface area contributed by atoms with E-state index in [1.165, 1.54) is 54.9 Å². The van der Waals surface area contributed by atoms with Gasteiger partial charge in [0.15, 0.2) is 0 Å². The van der Waals surface area contributed by atoms with Crippen molar-refractivity contribution in [3.05, 3.63) is 132 Å². The molecule has 0 fully saturated rings. The molecule has 4 heteroatoms. The topological polar surface area (TPSA) is 0 Å². The molecule has 6 aromatic rings. The molecule has 1 radical (unpaired) electrons. The molecule has 6 aromatic carbocycles. The van der Waals surface area contributed by atoms with E-state index in [9.17, 15) is 0 Å². The van der Waals surface area contributed by atoms with Gasteiger partial charge in [-0.1, -0.05) is 97.8 Å². The van der Waals surface area contributed by atoms with Gasteiger partial charge >= 0.3 is 37.9 Å². The molecule has 179 valence electrons. The summed E-state index contributed by atoms with van der Waals surface area (Å²) in [6, 6.07) is 43.1. The van der Waals surface area contributed by atoms with Crippen molar-refractivity contribution in [3.63, 3.8) is 0 Å². The van der Waals surface area contributed by atoms with Gasteiger partial charge < -0.3 is 0 Å². The largest absolute Gasteiger partial charge is 0.0125 e. The molecule has 0 spiro atoms. The summed E-state index contributed by atoms with van der Waals surface area (Å²) in [7, 11) is 9.87. The van der Waals surface area contributed by atoms with Crippen LogP contribution in [0.5, 0.6) is 0 Å². The molecule has 0 aliphatic rings. The molecule has 36 heavy (non-hydrogen) atoms. The zero-order valence-corrected chi connectivity index (χ0v) is 26.8. The van der Waals surface area contributed by atoms with Gasteiger partial charge in [-0.3, -0.25) is 0 Å². The van der Waals surface area contributed by atoms with Crippen LogP contribution in [0.3, 0.4) is 0 Å². The second-order valence-electron chi connectivity index (χ2n) is 8.49. The van der Waals surface area contributed by atoms with Crippen molar-refractivity contribution in [2.75, 3.05) is 0 Å². The zero-order valence-electron chi connectivity index (χ0n) is 20.8. The first kappa shape index (κ1) is 28.4. The Kier molecular flexibility index (Phi) is 11.0. The third-order valence-electron chi connectivity index (χ3n) is 5.96. The predicted molar refractivity (Wildman–Crippen MR) is 161 cm³/mol. The summed E-state index contributed by atoms with van der Waals surface area (Å²) in [4.78, 5) is 0. The average molecular weight is 604 g/mol. The second kappa shape index (κ2) is 13.9. The monoisotopic (exact) mass is 601 g/mol. The van der Waals surface area contributed by atoms with Crippen molar-refractivity contribution in [1.82, 2.24) is 0 Å². The smallest absolute Gasteiger partial charge is 0.0125 e. The summed E-state index contributed by atoms with van der Waals surface area (Å²) in [5, 5.41) is 5.37. The average Bonchev–Trinajstić information content (AvgIpc) is 3.46. The molecule has 0 saturated heterocycles. The van der Waals surface area contributed by atoms with Gasteiger partial charge in [0.1, 0.15) is 0 Å². The van der Waals surface area contributed by atoms with Gasteiger partial charge in [-0.05, 0) is 22.1 Å². The second-order valence-corrected chi connectivity index (χ2v) is 12.2. The van der Waals surface area contributed by atoms with Crippen LogP contribution in [0.4, 0.5) is 0 Å². The minimum atomic E-state index is -0.826. The standard InChI is InChI=1S/2C16H13.2ClH.H3Si.Zr/c2*1-12-10-14-8-5-9-15(16(14)11-12)13-6-3-2-4-7-13;;;;/h2*2-11H,1H3;2*1H;1H3;/q2*-1;;;;+4/p-2. The molecule has 0 amide bonds. The Hall–Kier alpha value is -2.22. The Balaban J connectivity index is 0.000000177. The number of rotatable bonds is 2. The molecule has 0 atom stereocenters. The Morgan fingerprint density at radius 3 is 1.25 bits per heavy atom. The van der Waals surface area contributed by atoms with E-state index in [-0.39, 0.29) is 11.0 Å². The van der Waals surface area contributed by atoms with Crippen molar-refractivity contribution >= 4 is 49.5 Å². The van der Waals surface area contributed by atoms with Gasteiger partial charge in [-0.2, -0.15) is 12.1 Å². The maximum atomic E-state index is 4.93. The third-order valence-corrected chi connectivity index (χ3v) is 5.96. The number of halogens is 2. The maximum Gasteiger partial charge on any atom is -0.0125 e. The van der Waals surface area contributed by atoms with E-state index >= 15 is 0 Å². The summed E-state index contributed by atoms with van der Waals surface area (Å²) in [5.41, 5.74) is 7.89. The number of benzene rings is 4. The summed E-state index contributed by atoms with van der Waals surface area (Å²) < 4.78 is 0.